The lowest BCUT2D eigenvalue weighted by molar-refractivity contribution is -0.123. The van der Waals surface area contributed by atoms with Gasteiger partial charge in [-0.05, 0) is 36.4 Å². The summed E-state index contributed by atoms with van der Waals surface area (Å²) in [5, 5.41) is 3.43. The number of benzene rings is 2. The smallest absolute Gasteiger partial charge is 0.258 e. The monoisotopic (exact) mass is 404 g/mol. The number of rotatable bonds is 7. The van der Waals surface area contributed by atoms with Crippen molar-refractivity contribution in [2.75, 3.05) is 32.3 Å². The molecule has 0 aliphatic carbocycles. The Morgan fingerprint density at radius 2 is 1.86 bits per heavy atom. The molecule has 28 heavy (non-hydrogen) atoms. The molecule has 0 aromatic heterocycles. The van der Waals surface area contributed by atoms with Crippen molar-refractivity contribution in [2.24, 2.45) is 0 Å². The van der Waals surface area contributed by atoms with Crippen molar-refractivity contribution in [3.63, 3.8) is 0 Å². The van der Waals surface area contributed by atoms with Crippen LogP contribution < -0.4 is 24.4 Å². The minimum Gasteiger partial charge on any atom is -0.493 e. The van der Waals surface area contributed by atoms with Gasteiger partial charge in [-0.3, -0.25) is 9.59 Å². The Bertz CT molecular complexity index is 856. The molecule has 0 radical (unpaired) electrons. The highest BCUT2D eigenvalue weighted by molar-refractivity contribution is 6.30. The number of anilines is 1. The van der Waals surface area contributed by atoms with Gasteiger partial charge in [-0.2, -0.15) is 0 Å². The molecule has 0 saturated carbocycles. The molecule has 1 N–H and O–H groups in total. The second-order valence-electron chi connectivity index (χ2n) is 6.25. The van der Waals surface area contributed by atoms with Crippen molar-refractivity contribution in [1.29, 1.82) is 0 Å². The van der Waals surface area contributed by atoms with Crippen molar-refractivity contribution < 1.29 is 23.8 Å². The molecule has 0 bridgehead atoms. The highest BCUT2D eigenvalue weighted by Crippen LogP contribution is 2.33. The van der Waals surface area contributed by atoms with Gasteiger partial charge in [0.2, 0.25) is 5.91 Å². The van der Waals surface area contributed by atoms with Crippen LogP contribution in [0.25, 0.3) is 0 Å². The Morgan fingerprint density at radius 1 is 1.14 bits per heavy atom. The number of hydrogen-bond acceptors (Lipinski definition) is 5. The van der Waals surface area contributed by atoms with Crippen LogP contribution in [0.15, 0.2) is 42.5 Å². The molecule has 1 fully saturated rings. The van der Waals surface area contributed by atoms with Crippen molar-refractivity contribution in [1.82, 2.24) is 5.32 Å². The fraction of sp³-hybridized carbons (Fsp3) is 0.300. The minimum absolute atomic E-state index is 0.0730. The number of amides is 2. The first kappa shape index (κ1) is 19.8. The topological polar surface area (TPSA) is 77.1 Å². The number of nitrogens with one attached hydrogen (secondary N) is 1. The lowest BCUT2D eigenvalue weighted by atomic mass is 10.2. The van der Waals surface area contributed by atoms with E-state index < -0.39 is 0 Å². The third-order valence-electron chi connectivity index (χ3n) is 4.35. The van der Waals surface area contributed by atoms with E-state index in [4.69, 9.17) is 25.8 Å². The van der Waals surface area contributed by atoms with E-state index in [1.165, 1.54) is 7.11 Å². The molecule has 1 heterocycles. The average molecular weight is 405 g/mol. The maximum absolute atomic E-state index is 12.4. The Kier molecular flexibility index (Phi) is 6.26. The van der Waals surface area contributed by atoms with Crippen molar-refractivity contribution >= 4 is 29.1 Å². The largest absolute Gasteiger partial charge is 0.493 e. The van der Waals surface area contributed by atoms with Crippen molar-refractivity contribution in [3.8, 4) is 17.2 Å². The van der Waals surface area contributed by atoms with E-state index in [0.29, 0.717) is 34.5 Å². The van der Waals surface area contributed by atoms with Gasteiger partial charge >= 0.3 is 0 Å². The first-order chi connectivity index (χ1) is 13.5. The van der Waals surface area contributed by atoms with Gasteiger partial charge in [0, 0.05) is 29.7 Å². The van der Waals surface area contributed by atoms with Gasteiger partial charge in [0.15, 0.2) is 18.1 Å². The lowest BCUT2D eigenvalue weighted by Crippen LogP contribution is -2.39. The molecule has 8 heteroatoms. The summed E-state index contributed by atoms with van der Waals surface area (Å²) < 4.78 is 15.9. The first-order valence-electron chi connectivity index (χ1n) is 8.70. The van der Waals surface area contributed by atoms with Crippen LogP contribution >= 0.6 is 11.6 Å². The summed E-state index contributed by atoms with van der Waals surface area (Å²) in [6.45, 7) is 0.240. The highest BCUT2D eigenvalue weighted by atomic mass is 35.5. The van der Waals surface area contributed by atoms with Crippen LogP contribution in [0, 0.1) is 0 Å². The van der Waals surface area contributed by atoms with Gasteiger partial charge in [-0.15, -0.1) is 0 Å². The second-order valence-corrected chi connectivity index (χ2v) is 6.69. The Morgan fingerprint density at radius 3 is 2.54 bits per heavy atom. The predicted octanol–water partition coefficient (Wildman–Crippen LogP) is 2.66. The summed E-state index contributed by atoms with van der Waals surface area (Å²) in [4.78, 5) is 26.2. The third kappa shape index (κ3) is 4.67. The first-order valence-corrected chi connectivity index (χ1v) is 9.08. The summed E-state index contributed by atoms with van der Waals surface area (Å²) in [5.41, 5.74) is 0.691. The zero-order valence-corrected chi connectivity index (χ0v) is 16.4. The maximum Gasteiger partial charge on any atom is 0.258 e. The van der Waals surface area contributed by atoms with Crippen LogP contribution in [0.5, 0.6) is 17.2 Å². The van der Waals surface area contributed by atoms with Crippen LogP contribution in [0.1, 0.15) is 6.42 Å². The van der Waals surface area contributed by atoms with E-state index >= 15 is 0 Å². The number of ether oxygens (including phenoxy) is 3. The number of methoxy groups -OCH3 is 2. The molecule has 1 atom stereocenters. The predicted molar refractivity (Wildman–Crippen MR) is 105 cm³/mol. The van der Waals surface area contributed by atoms with E-state index in [2.05, 4.69) is 5.32 Å². The molecule has 3 rings (SSSR count). The fourth-order valence-corrected chi connectivity index (χ4v) is 3.12. The van der Waals surface area contributed by atoms with Crippen LogP contribution in [0.2, 0.25) is 5.02 Å². The number of carbonyl (C=O) groups is 2. The van der Waals surface area contributed by atoms with Gasteiger partial charge < -0.3 is 24.4 Å². The van der Waals surface area contributed by atoms with Crippen molar-refractivity contribution in [2.45, 2.75) is 12.5 Å². The molecule has 0 spiro atoms. The number of nitrogens with zero attached hydrogens (tertiary/aromatic N) is 1. The van der Waals surface area contributed by atoms with Gasteiger partial charge in [-0.25, -0.2) is 0 Å². The van der Waals surface area contributed by atoms with Gasteiger partial charge in [0.05, 0.1) is 20.3 Å². The van der Waals surface area contributed by atoms with E-state index in [1.807, 2.05) is 0 Å². The molecule has 1 saturated heterocycles. The number of halogens is 1. The molecule has 0 unspecified atom stereocenters. The normalized spacial score (nSPS) is 16.0. The fourth-order valence-electron chi connectivity index (χ4n) is 3.00. The lowest BCUT2D eigenvalue weighted by Gasteiger charge is -2.19. The maximum atomic E-state index is 12.4. The van der Waals surface area contributed by atoms with E-state index in [0.717, 1.165) is 0 Å². The molecule has 2 aromatic rings. The standard InChI is InChI=1S/C20H21ClN2O5/c1-26-17-8-5-15(10-18(17)27-2)23-11-14(9-20(23)25)22-19(24)12-28-16-6-3-13(21)4-7-16/h3-8,10,14H,9,11-12H2,1-2H3,(H,22,24)/t14-/m0/s1. The average Bonchev–Trinajstić information content (AvgIpc) is 3.06. The van der Waals surface area contributed by atoms with Gasteiger partial charge in [-0.1, -0.05) is 11.6 Å². The Balaban J connectivity index is 1.56. The van der Waals surface area contributed by atoms with Gasteiger partial charge in [0.1, 0.15) is 5.75 Å². The summed E-state index contributed by atoms with van der Waals surface area (Å²) >= 11 is 5.82. The molecule has 1 aliphatic rings. The molecular formula is C20H21ClN2O5. The van der Waals surface area contributed by atoms with Crippen molar-refractivity contribution in [3.05, 3.63) is 47.5 Å². The summed E-state index contributed by atoms with van der Waals surface area (Å²) in [5.74, 6) is 1.31. The van der Waals surface area contributed by atoms with Crippen LogP contribution in [-0.2, 0) is 9.59 Å². The molecule has 2 amide bonds. The third-order valence-corrected chi connectivity index (χ3v) is 4.60. The Hall–Kier alpha value is -2.93. The Labute approximate surface area is 168 Å². The molecule has 2 aromatic carbocycles. The highest BCUT2D eigenvalue weighted by Gasteiger charge is 2.32. The van der Waals surface area contributed by atoms with Crippen LogP contribution in [0.3, 0.4) is 0 Å². The molecule has 1 aliphatic heterocycles. The molecular weight excluding hydrogens is 384 g/mol. The quantitative estimate of drug-likeness (QED) is 0.767. The van der Waals surface area contributed by atoms with E-state index in [1.54, 1.807) is 54.5 Å². The van der Waals surface area contributed by atoms with Gasteiger partial charge in [0.25, 0.3) is 5.91 Å². The summed E-state index contributed by atoms with van der Waals surface area (Å²) in [6.07, 6.45) is 0.223. The SMILES string of the molecule is COc1ccc(N2C[C@@H](NC(=O)COc3ccc(Cl)cc3)CC2=O)cc1OC. The second kappa shape index (κ2) is 8.84. The zero-order valence-electron chi connectivity index (χ0n) is 15.6. The molecule has 7 nitrogen and oxygen atoms in total. The molecule has 148 valence electrons. The summed E-state index contributed by atoms with van der Waals surface area (Å²) in [7, 11) is 3.09. The number of hydrogen-bond donors (Lipinski definition) is 1. The van der Waals surface area contributed by atoms with Crippen LogP contribution in [-0.4, -0.2) is 45.2 Å². The minimum atomic E-state index is -0.290. The van der Waals surface area contributed by atoms with E-state index in [9.17, 15) is 9.59 Å². The van der Waals surface area contributed by atoms with E-state index in [-0.39, 0.29) is 30.9 Å². The zero-order chi connectivity index (χ0) is 20.1. The van der Waals surface area contributed by atoms with Crippen LogP contribution in [0.4, 0.5) is 5.69 Å². The number of carbonyl (C=O) groups excluding carboxylic acids is 2. The summed E-state index contributed by atoms with van der Waals surface area (Å²) in [6, 6.07) is 11.7.